The molecule has 3 aromatic rings. The maximum atomic E-state index is 13.2. The van der Waals surface area contributed by atoms with Gasteiger partial charge in [0.2, 0.25) is 5.91 Å². The van der Waals surface area contributed by atoms with E-state index in [1.807, 2.05) is 33.8 Å². The van der Waals surface area contributed by atoms with Crippen LogP contribution in [-0.4, -0.2) is 20.2 Å². The second kappa shape index (κ2) is 9.92. The van der Waals surface area contributed by atoms with Crippen LogP contribution >= 0.6 is 0 Å². The summed E-state index contributed by atoms with van der Waals surface area (Å²) < 4.78 is 29.0. The third-order valence-electron chi connectivity index (χ3n) is 5.53. The summed E-state index contributed by atoms with van der Waals surface area (Å²) in [4.78, 5) is 24.5. The molecule has 0 aliphatic carbocycles. The van der Waals surface area contributed by atoms with Crippen LogP contribution in [-0.2, 0) is 20.2 Å². The lowest BCUT2D eigenvalue weighted by Gasteiger charge is -2.21. The average Bonchev–Trinajstić information content (AvgIpc) is 2.75. The molecule has 0 aromatic heterocycles. The fourth-order valence-corrected chi connectivity index (χ4v) is 4.84. The molecule has 2 amide bonds. The van der Waals surface area contributed by atoms with E-state index in [2.05, 4.69) is 15.4 Å². The zero-order valence-electron chi connectivity index (χ0n) is 20.8. The van der Waals surface area contributed by atoms with Gasteiger partial charge in [0.1, 0.15) is 0 Å². The van der Waals surface area contributed by atoms with Crippen molar-refractivity contribution in [2.24, 2.45) is 0 Å². The van der Waals surface area contributed by atoms with Gasteiger partial charge in [-0.3, -0.25) is 14.3 Å². The van der Waals surface area contributed by atoms with Gasteiger partial charge in [-0.25, -0.2) is 8.42 Å². The number of aryl methyl sites for hydroxylation is 2. The molecule has 184 valence electrons. The Morgan fingerprint density at radius 3 is 2.14 bits per heavy atom. The molecule has 3 aromatic carbocycles. The Balaban J connectivity index is 1.85. The molecule has 0 spiro atoms. The van der Waals surface area contributed by atoms with Gasteiger partial charge in [0.25, 0.3) is 15.9 Å². The quantitative estimate of drug-likeness (QED) is 0.415. The number of amides is 2. The normalized spacial score (nSPS) is 11.6. The van der Waals surface area contributed by atoms with E-state index < -0.39 is 15.9 Å². The second-order valence-corrected chi connectivity index (χ2v) is 11.2. The van der Waals surface area contributed by atoms with Gasteiger partial charge >= 0.3 is 0 Å². The summed E-state index contributed by atoms with van der Waals surface area (Å²) in [6.07, 6.45) is 0. The van der Waals surface area contributed by atoms with Crippen LogP contribution < -0.4 is 15.4 Å². The van der Waals surface area contributed by atoms with E-state index in [9.17, 15) is 18.0 Å². The number of anilines is 3. The first-order chi connectivity index (χ1) is 16.3. The monoisotopic (exact) mass is 493 g/mol. The lowest BCUT2D eigenvalue weighted by atomic mass is 9.87. The van der Waals surface area contributed by atoms with Crippen LogP contribution in [0.25, 0.3) is 0 Å². The summed E-state index contributed by atoms with van der Waals surface area (Å²) in [5.41, 5.74) is 3.83. The van der Waals surface area contributed by atoms with Crippen molar-refractivity contribution in [3.8, 4) is 0 Å². The number of benzene rings is 3. The van der Waals surface area contributed by atoms with Gasteiger partial charge < -0.3 is 10.6 Å². The summed E-state index contributed by atoms with van der Waals surface area (Å²) in [5.74, 6) is -0.616. The van der Waals surface area contributed by atoms with Crippen molar-refractivity contribution < 1.29 is 18.0 Å². The standard InChI is InChI=1S/C27H31N3O4S/c1-17-11-13-22(28-19(3)31)16-24(17)29-26(32)20-8-7-9-23(14-20)30-35(33,34)25-15-21(27(4,5)6)12-10-18(25)2/h7-16,30H,1-6H3,(H,28,31)(H,29,32). The SMILES string of the molecule is CC(=O)Nc1ccc(C)c(NC(=O)c2cccc(NS(=O)(=O)c3cc(C(C)(C)C)ccc3C)c2)c1. The van der Waals surface area contributed by atoms with Crippen molar-refractivity contribution in [3.63, 3.8) is 0 Å². The summed E-state index contributed by atoms with van der Waals surface area (Å²) in [6, 6.07) is 16.9. The molecule has 0 saturated heterocycles. The van der Waals surface area contributed by atoms with Crippen LogP contribution in [0.4, 0.5) is 17.1 Å². The van der Waals surface area contributed by atoms with E-state index in [1.165, 1.54) is 13.0 Å². The highest BCUT2D eigenvalue weighted by molar-refractivity contribution is 7.92. The largest absolute Gasteiger partial charge is 0.326 e. The molecule has 0 bridgehead atoms. The Morgan fingerprint density at radius 1 is 0.800 bits per heavy atom. The van der Waals surface area contributed by atoms with Gasteiger partial charge in [-0.15, -0.1) is 0 Å². The Hall–Kier alpha value is -3.65. The lowest BCUT2D eigenvalue weighted by Crippen LogP contribution is -2.18. The molecule has 35 heavy (non-hydrogen) atoms. The van der Waals surface area contributed by atoms with Gasteiger partial charge in [0, 0.05) is 29.5 Å². The molecule has 0 saturated carbocycles. The number of sulfonamides is 1. The van der Waals surface area contributed by atoms with Crippen molar-refractivity contribution in [2.75, 3.05) is 15.4 Å². The maximum absolute atomic E-state index is 13.2. The number of carbonyl (C=O) groups is 2. The molecule has 7 nitrogen and oxygen atoms in total. The van der Waals surface area contributed by atoms with Gasteiger partial charge in [-0.05, 0) is 72.4 Å². The van der Waals surface area contributed by atoms with Gasteiger partial charge in [0.05, 0.1) is 4.90 Å². The molecule has 3 N–H and O–H groups in total. The zero-order valence-corrected chi connectivity index (χ0v) is 21.6. The highest BCUT2D eigenvalue weighted by Crippen LogP contribution is 2.28. The predicted octanol–water partition coefficient (Wildman–Crippen LogP) is 5.61. The van der Waals surface area contributed by atoms with Crippen LogP contribution in [0.5, 0.6) is 0 Å². The summed E-state index contributed by atoms with van der Waals surface area (Å²) in [7, 11) is -3.87. The Labute approximate surface area is 207 Å². The number of carbonyl (C=O) groups excluding carboxylic acids is 2. The van der Waals surface area contributed by atoms with Crippen molar-refractivity contribution in [2.45, 2.75) is 51.9 Å². The average molecular weight is 494 g/mol. The third kappa shape index (κ3) is 6.48. The molecular weight excluding hydrogens is 462 g/mol. The minimum Gasteiger partial charge on any atom is -0.326 e. The fourth-order valence-electron chi connectivity index (χ4n) is 3.52. The van der Waals surface area contributed by atoms with Crippen LogP contribution in [0.3, 0.4) is 0 Å². The molecule has 0 aliphatic rings. The molecule has 3 rings (SSSR count). The minimum atomic E-state index is -3.87. The van der Waals surface area contributed by atoms with Crippen LogP contribution in [0.15, 0.2) is 65.6 Å². The van der Waals surface area contributed by atoms with Crippen LogP contribution in [0, 0.1) is 13.8 Å². The predicted molar refractivity (Wildman–Crippen MR) is 141 cm³/mol. The number of hydrogen-bond acceptors (Lipinski definition) is 4. The number of hydrogen-bond donors (Lipinski definition) is 3. The van der Waals surface area contributed by atoms with Gasteiger partial charge in [-0.2, -0.15) is 0 Å². The highest BCUT2D eigenvalue weighted by Gasteiger charge is 2.22. The first-order valence-electron chi connectivity index (χ1n) is 11.2. The molecule has 0 atom stereocenters. The summed E-state index contributed by atoms with van der Waals surface area (Å²) in [6.45, 7) is 11.1. The second-order valence-electron chi connectivity index (χ2n) is 9.58. The molecule has 0 aliphatic heterocycles. The number of rotatable bonds is 6. The molecule has 0 fully saturated rings. The van der Waals surface area contributed by atoms with Gasteiger partial charge in [0.15, 0.2) is 0 Å². The van der Waals surface area contributed by atoms with E-state index in [0.29, 0.717) is 16.9 Å². The number of nitrogens with one attached hydrogen (secondary N) is 3. The molecule has 0 unspecified atom stereocenters. The topological polar surface area (TPSA) is 104 Å². The fraction of sp³-hybridized carbons (Fsp3) is 0.259. The maximum Gasteiger partial charge on any atom is 0.262 e. The first-order valence-corrected chi connectivity index (χ1v) is 12.7. The summed E-state index contributed by atoms with van der Waals surface area (Å²) >= 11 is 0. The van der Waals surface area contributed by atoms with Crippen molar-refractivity contribution in [1.29, 1.82) is 0 Å². The van der Waals surface area contributed by atoms with Gasteiger partial charge in [-0.1, -0.05) is 45.0 Å². The smallest absolute Gasteiger partial charge is 0.262 e. The first kappa shape index (κ1) is 26.0. The van der Waals surface area contributed by atoms with Crippen molar-refractivity contribution in [1.82, 2.24) is 0 Å². The van der Waals surface area contributed by atoms with E-state index in [0.717, 1.165) is 11.1 Å². The lowest BCUT2D eigenvalue weighted by molar-refractivity contribution is -0.114. The van der Waals surface area contributed by atoms with Crippen LogP contribution in [0.1, 0.15) is 54.7 Å². The minimum absolute atomic E-state index is 0.199. The Kier molecular flexibility index (Phi) is 7.36. The van der Waals surface area contributed by atoms with Crippen molar-refractivity contribution in [3.05, 3.63) is 82.9 Å². The Bertz CT molecular complexity index is 1390. The van der Waals surface area contributed by atoms with E-state index in [1.54, 1.807) is 55.5 Å². The summed E-state index contributed by atoms with van der Waals surface area (Å²) in [5, 5.41) is 5.51. The molecule has 8 heteroatoms. The molecule has 0 heterocycles. The Morgan fingerprint density at radius 2 is 1.49 bits per heavy atom. The van der Waals surface area contributed by atoms with E-state index >= 15 is 0 Å². The highest BCUT2D eigenvalue weighted by atomic mass is 32.2. The van der Waals surface area contributed by atoms with E-state index in [4.69, 9.17) is 0 Å². The zero-order chi connectivity index (χ0) is 26.0. The molecule has 0 radical (unpaired) electrons. The molecular formula is C27H31N3O4S. The van der Waals surface area contributed by atoms with Crippen LogP contribution in [0.2, 0.25) is 0 Å². The van der Waals surface area contributed by atoms with Crippen molar-refractivity contribution >= 4 is 38.9 Å². The van der Waals surface area contributed by atoms with E-state index in [-0.39, 0.29) is 27.5 Å². The third-order valence-corrected chi connectivity index (χ3v) is 7.05.